The van der Waals surface area contributed by atoms with Crippen LogP contribution in [0, 0.1) is 19.7 Å². The molecule has 4 nitrogen and oxygen atoms in total. The fraction of sp³-hybridized carbons (Fsp3) is 0.143. The number of hydrogen-bond donors (Lipinski definition) is 1. The first-order chi connectivity index (χ1) is 9.56. The molecule has 2 heterocycles. The first kappa shape index (κ1) is 12.8. The number of hydrogen-bond acceptors (Lipinski definition) is 5. The highest BCUT2D eigenvalue weighted by Crippen LogP contribution is 2.39. The highest BCUT2D eigenvalue weighted by Gasteiger charge is 2.21. The van der Waals surface area contributed by atoms with Gasteiger partial charge < -0.3 is 10.3 Å². The zero-order valence-corrected chi connectivity index (χ0v) is 11.8. The van der Waals surface area contributed by atoms with E-state index in [0.29, 0.717) is 11.3 Å². The maximum Gasteiger partial charge on any atom is 0.230 e. The van der Waals surface area contributed by atoms with Crippen LogP contribution in [0.5, 0.6) is 0 Å². The normalized spacial score (nSPS) is 10.9. The molecular formula is C14H12FN3OS. The fourth-order valence-corrected chi connectivity index (χ4v) is 3.01. The van der Waals surface area contributed by atoms with Gasteiger partial charge in [0.25, 0.3) is 0 Å². The van der Waals surface area contributed by atoms with Crippen LogP contribution in [-0.2, 0) is 0 Å². The lowest BCUT2D eigenvalue weighted by Gasteiger charge is -2.01. The van der Waals surface area contributed by atoms with E-state index in [4.69, 9.17) is 10.3 Å². The summed E-state index contributed by atoms with van der Waals surface area (Å²) >= 11 is 1.53. The van der Waals surface area contributed by atoms with Gasteiger partial charge in [0.15, 0.2) is 0 Å². The summed E-state index contributed by atoms with van der Waals surface area (Å²) in [4.78, 5) is 5.30. The molecule has 0 unspecified atom stereocenters. The van der Waals surface area contributed by atoms with Crippen molar-refractivity contribution in [1.82, 2.24) is 10.1 Å². The molecule has 0 aliphatic rings. The molecule has 102 valence electrons. The minimum Gasteiger partial charge on any atom is -0.367 e. The van der Waals surface area contributed by atoms with E-state index in [2.05, 4.69) is 10.1 Å². The van der Waals surface area contributed by atoms with Crippen molar-refractivity contribution in [2.45, 2.75) is 13.8 Å². The van der Waals surface area contributed by atoms with Crippen molar-refractivity contribution < 1.29 is 8.91 Å². The van der Waals surface area contributed by atoms with E-state index in [9.17, 15) is 4.39 Å². The minimum atomic E-state index is -0.296. The van der Waals surface area contributed by atoms with Crippen molar-refractivity contribution in [2.75, 3.05) is 5.73 Å². The molecule has 0 fully saturated rings. The summed E-state index contributed by atoms with van der Waals surface area (Å²) in [5.74, 6) is -0.0767. The summed E-state index contributed by atoms with van der Waals surface area (Å²) in [6, 6.07) is 6.09. The van der Waals surface area contributed by atoms with Crippen LogP contribution >= 0.6 is 11.3 Å². The largest absolute Gasteiger partial charge is 0.367 e. The second-order valence-electron chi connectivity index (χ2n) is 4.42. The van der Waals surface area contributed by atoms with Crippen LogP contribution in [0.15, 0.2) is 28.8 Å². The van der Waals surface area contributed by atoms with Crippen LogP contribution in [0.2, 0.25) is 0 Å². The minimum absolute atomic E-state index is 0.220. The maximum absolute atomic E-state index is 13.0. The predicted octanol–water partition coefficient (Wildman–Crippen LogP) is 3.80. The number of halogens is 1. The van der Waals surface area contributed by atoms with E-state index in [0.717, 1.165) is 21.1 Å². The highest BCUT2D eigenvalue weighted by molar-refractivity contribution is 7.15. The van der Waals surface area contributed by atoms with Gasteiger partial charge >= 0.3 is 0 Å². The van der Waals surface area contributed by atoms with Crippen LogP contribution in [0.25, 0.3) is 21.7 Å². The molecule has 20 heavy (non-hydrogen) atoms. The Morgan fingerprint density at radius 1 is 1.20 bits per heavy atom. The monoisotopic (exact) mass is 289 g/mol. The van der Waals surface area contributed by atoms with E-state index >= 15 is 0 Å². The average molecular weight is 289 g/mol. The van der Waals surface area contributed by atoms with E-state index in [1.165, 1.54) is 23.5 Å². The van der Waals surface area contributed by atoms with Gasteiger partial charge in [0, 0.05) is 0 Å². The molecule has 2 aromatic heterocycles. The summed E-state index contributed by atoms with van der Waals surface area (Å²) in [6.45, 7) is 3.85. The predicted molar refractivity (Wildman–Crippen MR) is 76.9 cm³/mol. The SMILES string of the molecule is Cc1nc(C)c(-c2noc(N)c2-c2ccc(F)cc2)s1. The zero-order valence-electron chi connectivity index (χ0n) is 11.0. The van der Waals surface area contributed by atoms with Gasteiger partial charge in [-0.1, -0.05) is 17.3 Å². The van der Waals surface area contributed by atoms with Gasteiger partial charge in [-0.3, -0.25) is 0 Å². The molecule has 0 aliphatic heterocycles. The molecule has 2 N–H and O–H groups in total. The summed E-state index contributed by atoms with van der Waals surface area (Å²) in [6.07, 6.45) is 0. The molecule has 6 heteroatoms. The van der Waals surface area contributed by atoms with Crippen LogP contribution < -0.4 is 5.73 Å². The summed E-state index contributed by atoms with van der Waals surface area (Å²) in [7, 11) is 0. The third-order valence-corrected chi connectivity index (χ3v) is 4.05. The Bertz CT molecular complexity index is 761. The quantitative estimate of drug-likeness (QED) is 0.779. The lowest BCUT2D eigenvalue weighted by molar-refractivity contribution is 0.439. The number of benzene rings is 1. The maximum atomic E-state index is 13.0. The van der Waals surface area contributed by atoms with Crippen LogP contribution in [-0.4, -0.2) is 10.1 Å². The van der Waals surface area contributed by atoms with Crippen LogP contribution in [0.4, 0.5) is 10.3 Å². The lowest BCUT2D eigenvalue weighted by atomic mass is 10.0. The van der Waals surface area contributed by atoms with E-state index in [1.54, 1.807) is 12.1 Å². The molecular weight excluding hydrogens is 277 g/mol. The molecule has 0 saturated heterocycles. The lowest BCUT2D eigenvalue weighted by Crippen LogP contribution is -1.88. The van der Waals surface area contributed by atoms with Gasteiger partial charge in [-0.2, -0.15) is 0 Å². The van der Waals surface area contributed by atoms with Gasteiger partial charge in [0.2, 0.25) is 5.88 Å². The van der Waals surface area contributed by atoms with Crippen LogP contribution in [0.3, 0.4) is 0 Å². The molecule has 0 atom stereocenters. The van der Waals surface area contributed by atoms with Crippen molar-refractivity contribution in [3.63, 3.8) is 0 Å². The smallest absolute Gasteiger partial charge is 0.230 e. The van der Waals surface area contributed by atoms with E-state index in [1.807, 2.05) is 13.8 Å². The first-order valence-corrected chi connectivity index (χ1v) is 6.83. The second kappa shape index (κ2) is 4.72. The first-order valence-electron chi connectivity index (χ1n) is 6.01. The van der Waals surface area contributed by atoms with E-state index < -0.39 is 0 Å². The molecule has 0 bridgehead atoms. The standard InChI is InChI=1S/C14H12FN3OS/c1-7-13(20-8(2)17-7)12-11(14(16)19-18-12)9-3-5-10(15)6-4-9/h3-6H,16H2,1-2H3. The van der Waals surface area contributed by atoms with Gasteiger partial charge in [0.1, 0.15) is 11.5 Å². The molecule has 3 aromatic rings. The summed E-state index contributed by atoms with van der Waals surface area (Å²) < 4.78 is 18.2. The van der Waals surface area contributed by atoms with E-state index in [-0.39, 0.29) is 11.7 Å². The van der Waals surface area contributed by atoms with Crippen molar-refractivity contribution in [2.24, 2.45) is 0 Å². The Morgan fingerprint density at radius 3 is 2.50 bits per heavy atom. The zero-order chi connectivity index (χ0) is 14.3. The molecule has 1 aromatic carbocycles. The second-order valence-corrected chi connectivity index (χ2v) is 5.63. The third-order valence-electron chi connectivity index (χ3n) is 2.97. The van der Waals surface area contributed by atoms with Crippen molar-refractivity contribution >= 4 is 17.2 Å². The number of nitrogens with two attached hydrogens (primary N) is 1. The number of aromatic nitrogens is 2. The molecule has 3 rings (SSSR count). The number of anilines is 1. The van der Waals surface area contributed by atoms with Gasteiger partial charge in [-0.05, 0) is 31.5 Å². The molecule has 0 spiro atoms. The Hall–Kier alpha value is -2.21. The van der Waals surface area contributed by atoms with Gasteiger partial charge in [-0.25, -0.2) is 9.37 Å². The summed E-state index contributed by atoms with van der Waals surface area (Å²) in [5.41, 5.74) is 8.84. The van der Waals surface area contributed by atoms with Crippen molar-refractivity contribution in [1.29, 1.82) is 0 Å². The van der Waals surface area contributed by atoms with Crippen molar-refractivity contribution in [3.8, 4) is 21.7 Å². The fourth-order valence-electron chi connectivity index (χ4n) is 2.10. The molecule has 0 radical (unpaired) electrons. The molecule has 0 amide bonds. The topological polar surface area (TPSA) is 64.9 Å². The summed E-state index contributed by atoms with van der Waals surface area (Å²) in [5, 5.41) is 4.98. The molecule has 0 aliphatic carbocycles. The Morgan fingerprint density at radius 2 is 1.90 bits per heavy atom. The van der Waals surface area contributed by atoms with Gasteiger partial charge in [-0.15, -0.1) is 11.3 Å². The van der Waals surface area contributed by atoms with Gasteiger partial charge in [0.05, 0.1) is 21.1 Å². The number of rotatable bonds is 2. The Kier molecular flexibility index (Phi) is 3.02. The number of aryl methyl sites for hydroxylation is 2. The number of thiazole rings is 1. The Balaban J connectivity index is 2.19. The van der Waals surface area contributed by atoms with Crippen LogP contribution in [0.1, 0.15) is 10.7 Å². The van der Waals surface area contributed by atoms with Crippen molar-refractivity contribution in [3.05, 3.63) is 40.8 Å². The third kappa shape index (κ3) is 2.08. The number of nitrogens with zero attached hydrogens (tertiary/aromatic N) is 2. The number of nitrogen functional groups attached to an aromatic ring is 1. The Labute approximate surface area is 119 Å². The molecule has 0 saturated carbocycles. The average Bonchev–Trinajstić information content (AvgIpc) is 2.93. The highest BCUT2D eigenvalue weighted by atomic mass is 32.1.